The van der Waals surface area contributed by atoms with E-state index < -0.39 is 5.60 Å². The van der Waals surface area contributed by atoms with Gasteiger partial charge in [-0.05, 0) is 66.5 Å². The first-order chi connectivity index (χ1) is 13.8. The van der Waals surface area contributed by atoms with Crippen LogP contribution in [0.1, 0.15) is 20.8 Å². The van der Waals surface area contributed by atoms with Crippen molar-refractivity contribution in [2.45, 2.75) is 26.4 Å². The van der Waals surface area contributed by atoms with Crippen LogP contribution in [0.15, 0.2) is 40.4 Å². The first-order valence-corrected chi connectivity index (χ1v) is 11.1. The third-order valence-electron chi connectivity index (χ3n) is 4.70. The monoisotopic (exact) mass is 474 g/mol. The Bertz CT molecular complexity index is 1020. The van der Waals surface area contributed by atoms with Gasteiger partial charge < -0.3 is 14.5 Å². The van der Waals surface area contributed by atoms with E-state index in [1.165, 1.54) is 0 Å². The molecule has 8 heteroatoms. The van der Waals surface area contributed by atoms with E-state index in [2.05, 4.69) is 49.0 Å². The molecule has 1 aromatic carbocycles. The molecule has 2 aromatic heterocycles. The van der Waals surface area contributed by atoms with Crippen LogP contribution in [-0.4, -0.2) is 52.7 Å². The molecule has 3 heterocycles. The van der Waals surface area contributed by atoms with Gasteiger partial charge in [-0.2, -0.15) is 0 Å². The molecule has 1 aliphatic heterocycles. The molecule has 0 saturated carbocycles. The molecule has 6 nitrogen and oxygen atoms in total. The van der Waals surface area contributed by atoms with Crippen LogP contribution >= 0.6 is 27.3 Å². The highest BCUT2D eigenvalue weighted by molar-refractivity contribution is 9.11. The first kappa shape index (κ1) is 20.1. The zero-order valence-electron chi connectivity index (χ0n) is 16.7. The van der Waals surface area contributed by atoms with E-state index in [0.29, 0.717) is 13.1 Å². The minimum Gasteiger partial charge on any atom is -0.444 e. The van der Waals surface area contributed by atoms with Crippen LogP contribution < -0.4 is 4.90 Å². The van der Waals surface area contributed by atoms with Gasteiger partial charge in [-0.15, -0.1) is 11.3 Å². The molecule has 1 fully saturated rings. The van der Waals surface area contributed by atoms with Crippen LogP contribution in [0.25, 0.3) is 21.3 Å². The predicted molar refractivity (Wildman–Crippen MR) is 121 cm³/mol. The summed E-state index contributed by atoms with van der Waals surface area (Å²) in [7, 11) is 0. The second kappa shape index (κ2) is 7.91. The minimum atomic E-state index is -0.468. The van der Waals surface area contributed by atoms with Crippen LogP contribution in [0.5, 0.6) is 0 Å². The quantitative estimate of drug-likeness (QED) is 0.512. The first-order valence-electron chi connectivity index (χ1n) is 9.54. The van der Waals surface area contributed by atoms with Crippen molar-refractivity contribution in [3.63, 3.8) is 0 Å². The molecule has 1 aliphatic rings. The van der Waals surface area contributed by atoms with E-state index in [0.717, 1.165) is 44.2 Å². The average molecular weight is 475 g/mol. The Balaban J connectivity index is 1.41. The van der Waals surface area contributed by atoms with E-state index in [1.54, 1.807) is 16.2 Å². The van der Waals surface area contributed by atoms with E-state index in [9.17, 15) is 4.79 Å². The Kier molecular flexibility index (Phi) is 5.48. The number of ether oxygens (including phenoxy) is 1. The molecule has 0 radical (unpaired) electrons. The van der Waals surface area contributed by atoms with Gasteiger partial charge >= 0.3 is 6.09 Å². The zero-order valence-corrected chi connectivity index (χ0v) is 19.1. The fourth-order valence-corrected chi connectivity index (χ4v) is 4.71. The molecule has 1 saturated heterocycles. The van der Waals surface area contributed by atoms with Crippen molar-refractivity contribution in [2.24, 2.45) is 0 Å². The van der Waals surface area contributed by atoms with Gasteiger partial charge in [-0.3, -0.25) is 0 Å². The highest BCUT2D eigenvalue weighted by atomic mass is 79.9. The number of hydrogen-bond acceptors (Lipinski definition) is 6. The number of hydrogen-bond donors (Lipinski definition) is 0. The number of amides is 1. The summed E-state index contributed by atoms with van der Waals surface area (Å²) in [5, 5.41) is 0. The van der Waals surface area contributed by atoms with Crippen molar-refractivity contribution in [2.75, 3.05) is 31.1 Å². The second-order valence-electron chi connectivity index (χ2n) is 8.01. The third-order valence-corrected chi connectivity index (χ3v) is 6.17. The van der Waals surface area contributed by atoms with Crippen LogP contribution in [0.3, 0.4) is 0 Å². The van der Waals surface area contributed by atoms with Gasteiger partial charge in [0.1, 0.15) is 11.4 Å². The van der Waals surface area contributed by atoms with E-state index >= 15 is 0 Å². The lowest BCUT2D eigenvalue weighted by molar-refractivity contribution is 0.0240. The fraction of sp³-hybridized carbons (Fsp3) is 0.381. The highest BCUT2D eigenvalue weighted by Gasteiger charge is 2.26. The zero-order chi connectivity index (χ0) is 20.6. The van der Waals surface area contributed by atoms with Crippen molar-refractivity contribution < 1.29 is 9.53 Å². The number of anilines is 1. The maximum atomic E-state index is 12.2. The summed E-state index contributed by atoms with van der Waals surface area (Å²) < 4.78 is 7.50. The molecule has 3 aromatic rings. The molecule has 0 atom stereocenters. The standard InChI is InChI=1S/C21H23BrN4O2S/c1-21(2,3)28-20(27)26-10-8-25(9-11-26)18-7-5-15(13-23-18)14-4-6-16-17(12-14)29-19(22)24-16/h4-7,12-13H,8-11H2,1-3H3. The Morgan fingerprint density at radius 1 is 1.10 bits per heavy atom. The number of benzene rings is 1. The lowest BCUT2D eigenvalue weighted by Gasteiger charge is -2.36. The summed E-state index contributed by atoms with van der Waals surface area (Å²) in [5.74, 6) is 0.930. The van der Waals surface area contributed by atoms with Crippen molar-refractivity contribution in [3.8, 4) is 11.1 Å². The van der Waals surface area contributed by atoms with Crippen LogP contribution in [0.2, 0.25) is 0 Å². The van der Waals surface area contributed by atoms with Gasteiger partial charge in [0, 0.05) is 37.9 Å². The van der Waals surface area contributed by atoms with Crippen LogP contribution in [0.4, 0.5) is 10.6 Å². The van der Waals surface area contributed by atoms with Gasteiger partial charge in [0.25, 0.3) is 0 Å². The van der Waals surface area contributed by atoms with Gasteiger partial charge in [0.15, 0.2) is 3.92 Å². The van der Waals surface area contributed by atoms with Crippen molar-refractivity contribution >= 4 is 49.4 Å². The topological polar surface area (TPSA) is 58.6 Å². The molecular formula is C21H23BrN4O2S. The molecule has 4 rings (SSSR count). The molecule has 0 aliphatic carbocycles. The molecular weight excluding hydrogens is 452 g/mol. The molecule has 29 heavy (non-hydrogen) atoms. The minimum absolute atomic E-state index is 0.245. The Morgan fingerprint density at radius 2 is 1.83 bits per heavy atom. The molecule has 152 valence electrons. The van der Waals surface area contributed by atoms with E-state index in [1.807, 2.05) is 39.1 Å². The van der Waals surface area contributed by atoms with Gasteiger partial charge in [0.2, 0.25) is 0 Å². The second-order valence-corrected chi connectivity index (χ2v) is 10.3. The van der Waals surface area contributed by atoms with E-state index in [4.69, 9.17) is 4.74 Å². The molecule has 0 N–H and O–H groups in total. The number of halogens is 1. The predicted octanol–water partition coefficient (Wildman–Crippen LogP) is 5.18. The summed E-state index contributed by atoms with van der Waals surface area (Å²) in [6.07, 6.45) is 1.66. The number of carbonyl (C=O) groups is 1. The van der Waals surface area contributed by atoms with Crippen molar-refractivity contribution in [1.29, 1.82) is 0 Å². The molecule has 0 unspecified atom stereocenters. The molecule has 0 bridgehead atoms. The van der Waals surface area contributed by atoms with Crippen LogP contribution in [-0.2, 0) is 4.74 Å². The Hall–Kier alpha value is -2.19. The summed E-state index contributed by atoms with van der Waals surface area (Å²) in [6, 6.07) is 10.4. The smallest absolute Gasteiger partial charge is 0.410 e. The molecule has 0 spiro atoms. The van der Waals surface area contributed by atoms with E-state index in [-0.39, 0.29) is 6.09 Å². The number of carbonyl (C=O) groups excluding carboxylic acids is 1. The lowest BCUT2D eigenvalue weighted by atomic mass is 10.1. The summed E-state index contributed by atoms with van der Waals surface area (Å²) in [5.41, 5.74) is 2.73. The summed E-state index contributed by atoms with van der Waals surface area (Å²) >= 11 is 5.07. The Morgan fingerprint density at radius 3 is 2.48 bits per heavy atom. The lowest BCUT2D eigenvalue weighted by Crippen LogP contribution is -2.50. The van der Waals surface area contributed by atoms with Crippen LogP contribution in [0, 0.1) is 0 Å². The highest BCUT2D eigenvalue weighted by Crippen LogP contribution is 2.30. The number of nitrogens with zero attached hydrogens (tertiary/aromatic N) is 4. The van der Waals surface area contributed by atoms with Gasteiger partial charge in [0.05, 0.1) is 10.2 Å². The SMILES string of the molecule is CC(C)(C)OC(=O)N1CCN(c2ccc(-c3ccc4nc(Br)sc4c3)cn2)CC1. The van der Waals surface area contributed by atoms with Crippen molar-refractivity contribution in [1.82, 2.24) is 14.9 Å². The maximum Gasteiger partial charge on any atom is 0.410 e. The largest absolute Gasteiger partial charge is 0.444 e. The van der Waals surface area contributed by atoms with Gasteiger partial charge in [-0.1, -0.05) is 6.07 Å². The number of thiazole rings is 1. The number of fused-ring (bicyclic) bond motifs is 1. The normalized spacial score (nSPS) is 15.0. The number of pyridine rings is 1. The summed E-state index contributed by atoms with van der Waals surface area (Å²) in [4.78, 5) is 25.3. The van der Waals surface area contributed by atoms with Gasteiger partial charge in [-0.25, -0.2) is 14.8 Å². The number of aromatic nitrogens is 2. The molecule has 1 amide bonds. The summed E-state index contributed by atoms with van der Waals surface area (Å²) in [6.45, 7) is 8.41. The number of piperazine rings is 1. The number of rotatable bonds is 2. The average Bonchev–Trinajstić information content (AvgIpc) is 3.06. The van der Waals surface area contributed by atoms with Crippen molar-refractivity contribution in [3.05, 3.63) is 40.4 Å². The third kappa shape index (κ3) is 4.70. The maximum absolute atomic E-state index is 12.2. The Labute approximate surface area is 182 Å². The fourth-order valence-electron chi connectivity index (χ4n) is 3.26.